The lowest BCUT2D eigenvalue weighted by Gasteiger charge is -2.06. The Kier molecular flexibility index (Phi) is 4.00. The van der Waals surface area contributed by atoms with Crippen molar-refractivity contribution in [3.63, 3.8) is 0 Å². The van der Waals surface area contributed by atoms with Crippen LogP contribution in [-0.2, 0) is 31.1 Å². The molecule has 0 unspecified atom stereocenters. The van der Waals surface area contributed by atoms with Crippen LogP contribution in [0.2, 0.25) is 0 Å². The van der Waals surface area contributed by atoms with Crippen molar-refractivity contribution in [1.29, 1.82) is 0 Å². The highest BCUT2D eigenvalue weighted by atomic mass is 19.4. The van der Waals surface area contributed by atoms with Gasteiger partial charge in [0.25, 0.3) is 0 Å². The van der Waals surface area contributed by atoms with Gasteiger partial charge in [0.15, 0.2) is 5.69 Å². The SMILES string of the molecule is Cn1c(CNC(=O)Cn2ccc(C(F)(F)F)n2)nc2ccccc21. The molecule has 6 nitrogen and oxygen atoms in total. The normalized spacial score (nSPS) is 11.8. The molecule has 0 aliphatic rings. The van der Waals surface area contributed by atoms with Crippen molar-refractivity contribution in [2.24, 2.45) is 7.05 Å². The van der Waals surface area contributed by atoms with Gasteiger partial charge in [-0.2, -0.15) is 18.3 Å². The van der Waals surface area contributed by atoms with Gasteiger partial charge < -0.3 is 9.88 Å². The van der Waals surface area contributed by atoms with Crippen molar-refractivity contribution in [2.45, 2.75) is 19.3 Å². The van der Waals surface area contributed by atoms with Crippen molar-refractivity contribution < 1.29 is 18.0 Å². The Morgan fingerprint density at radius 2 is 2.00 bits per heavy atom. The number of carbonyl (C=O) groups excluding carboxylic acids is 1. The van der Waals surface area contributed by atoms with Gasteiger partial charge in [0, 0.05) is 13.2 Å². The first-order chi connectivity index (χ1) is 11.3. The van der Waals surface area contributed by atoms with Crippen LogP contribution in [0.4, 0.5) is 13.2 Å². The zero-order chi connectivity index (χ0) is 17.3. The van der Waals surface area contributed by atoms with E-state index in [1.807, 2.05) is 35.9 Å². The predicted octanol–water partition coefficient (Wildman–Crippen LogP) is 2.10. The Labute approximate surface area is 134 Å². The van der Waals surface area contributed by atoms with Gasteiger partial charge in [-0.3, -0.25) is 9.48 Å². The van der Waals surface area contributed by atoms with E-state index < -0.39 is 17.8 Å². The number of halogens is 3. The van der Waals surface area contributed by atoms with Crippen LogP contribution in [0.5, 0.6) is 0 Å². The van der Waals surface area contributed by atoms with E-state index in [-0.39, 0.29) is 13.1 Å². The fraction of sp³-hybridized carbons (Fsp3) is 0.267. The number of nitrogens with one attached hydrogen (secondary N) is 1. The fourth-order valence-electron chi connectivity index (χ4n) is 2.34. The van der Waals surface area contributed by atoms with Crippen LogP contribution in [0, 0.1) is 0 Å². The molecule has 0 bridgehead atoms. The average molecular weight is 337 g/mol. The maximum absolute atomic E-state index is 12.5. The third-order valence-corrected chi connectivity index (χ3v) is 3.56. The molecule has 0 aliphatic heterocycles. The first kappa shape index (κ1) is 16.0. The van der Waals surface area contributed by atoms with Gasteiger partial charge >= 0.3 is 6.18 Å². The van der Waals surface area contributed by atoms with Gasteiger partial charge in [0.1, 0.15) is 12.4 Å². The van der Waals surface area contributed by atoms with E-state index in [1.54, 1.807) is 0 Å². The summed E-state index contributed by atoms with van der Waals surface area (Å²) < 4.78 is 40.2. The molecule has 0 fully saturated rings. The molecule has 0 saturated carbocycles. The zero-order valence-electron chi connectivity index (χ0n) is 12.7. The Hall–Kier alpha value is -2.84. The Bertz CT molecular complexity index is 881. The van der Waals surface area contributed by atoms with Gasteiger partial charge in [0.05, 0.1) is 17.6 Å². The third-order valence-electron chi connectivity index (χ3n) is 3.56. The second-order valence-corrected chi connectivity index (χ2v) is 5.25. The largest absolute Gasteiger partial charge is 0.435 e. The first-order valence-corrected chi connectivity index (χ1v) is 7.12. The van der Waals surface area contributed by atoms with Crippen molar-refractivity contribution in [2.75, 3.05) is 0 Å². The van der Waals surface area contributed by atoms with Crippen LogP contribution in [0.1, 0.15) is 11.5 Å². The molecule has 2 aromatic heterocycles. The lowest BCUT2D eigenvalue weighted by molar-refractivity contribution is -0.141. The van der Waals surface area contributed by atoms with Crippen molar-refractivity contribution in [3.8, 4) is 0 Å². The number of carbonyl (C=O) groups is 1. The molecule has 0 radical (unpaired) electrons. The number of amides is 1. The van der Waals surface area contributed by atoms with E-state index in [2.05, 4.69) is 15.4 Å². The second kappa shape index (κ2) is 5.99. The first-order valence-electron chi connectivity index (χ1n) is 7.12. The van der Waals surface area contributed by atoms with E-state index in [0.29, 0.717) is 5.82 Å². The van der Waals surface area contributed by atoms with Crippen molar-refractivity contribution >= 4 is 16.9 Å². The maximum atomic E-state index is 12.5. The zero-order valence-corrected chi connectivity index (χ0v) is 12.7. The minimum Gasteiger partial charge on any atom is -0.347 e. The summed E-state index contributed by atoms with van der Waals surface area (Å²) in [5, 5.41) is 5.97. The molecule has 1 N–H and O–H groups in total. The van der Waals surface area contributed by atoms with Crippen LogP contribution < -0.4 is 5.32 Å². The Balaban J connectivity index is 1.63. The summed E-state index contributed by atoms with van der Waals surface area (Å²) in [5.74, 6) is 0.208. The highest BCUT2D eigenvalue weighted by Crippen LogP contribution is 2.27. The number of fused-ring (bicyclic) bond motifs is 1. The third kappa shape index (κ3) is 3.24. The summed E-state index contributed by atoms with van der Waals surface area (Å²) in [6.45, 7) is -0.114. The minimum atomic E-state index is -4.52. The molecule has 9 heteroatoms. The number of para-hydroxylation sites is 2. The topological polar surface area (TPSA) is 64.7 Å². The van der Waals surface area contributed by atoms with Gasteiger partial charge in [-0.15, -0.1) is 0 Å². The van der Waals surface area contributed by atoms with E-state index >= 15 is 0 Å². The van der Waals surface area contributed by atoms with Crippen LogP contribution in [0.3, 0.4) is 0 Å². The molecule has 0 aliphatic carbocycles. The second-order valence-electron chi connectivity index (χ2n) is 5.25. The molecule has 3 rings (SSSR count). The molecule has 126 valence electrons. The summed E-state index contributed by atoms with van der Waals surface area (Å²) in [7, 11) is 1.83. The molecule has 24 heavy (non-hydrogen) atoms. The molecule has 3 aromatic rings. The highest BCUT2D eigenvalue weighted by Gasteiger charge is 2.33. The molecular formula is C15H14F3N5O. The van der Waals surface area contributed by atoms with Crippen LogP contribution in [0.25, 0.3) is 11.0 Å². The summed E-state index contributed by atoms with van der Waals surface area (Å²) in [4.78, 5) is 16.3. The van der Waals surface area contributed by atoms with Gasteiger partial charge in [-0.05, 0) is 18.2 Å². The average Bonchev–Trinajstić information content (AvgIpc) is 3.11. The summed E-state index contributed by atoms with van der Waals surface area (Å²) >= 11 is 0. The number of benzene rings is 1. The van der Waals surface area contributed by atoms with E-state index in [4.69, 9.17) is 0 Å². The minimum absolute atomic E-state index is 0.178. The number of alkyl halides is 3. The molecular weight excluding hydrogens is 323 g/mol. The fourth-order valence-corrected chi connectivity index (χ4v) is 2.34. The van der Waals surface area contributed by atoms with Crippen LogP contribution in [0.15, 0.2) is 36.5 Å². The number of nitrogens with zero attached hydrogens (tertiary/aromatic N) is 4. The van der Waals surface area contributed by atoms with Gasteiger partial charge in [-0.1, -0.05) is 12.1 Å². The number of rotatable bonds is 4. The quantitative estimate of drug-likeness (QED) is 0.793. The summed E-state index contributed by atoms with van der Waals surface area (Å²) in [5.41, 5.74) is 0.723. The van der Waals surface area contributed by atoms with Crippen molar-refractivity contribution in [3.05, 3.63) is 48.0 Å². The molecule has 0 atom stereocenters. The Morgan fingerprint density at radius 3 is 2.67 bits per heavy atom. The molecule has 0 saturated heterocycles. The van der Waals surface area contributed by atoms with Crippen LogP contribution >= 0.6 is 0 Å². The monoisotopic (exact) mass is 337 g/mol. The lowest BCUT2D eigenvalue weighted by Crippen LogP contribution is -2.28. The Morgan fingerprint density at radius 1 is 1.25 bits per heavy atom. The van der Waals surface area contributed by atoms with Crippen LogP contribution in [-0.4, -0.2) is 25.2 Å². The molecule has 0 spiro atoms. The van der Waals surface area contributed by atoms with E-state index in [0.717, 1.165) is 28.0 Å². The maximum Gasteiger partial charge on any atom is 0.435 e. The van der Waals surface area contributed by atoms with E-state index in [9.17, 15) is 18.0 Å². The number of hydrogen-bond acceptors (Lipinski definition) is 3. The summed E-state index contributed by atoms with van der Waals surface area (Å²) in [6, 6.07) is 8.37. The smallest absolute Gasteiger partial charge is 0.347 e. The predicted molar refractivity (Wildman–Crippen MR) is 79.8 cm³/mol. The number of imidazole rings is 1. The summed E-state index contributed by atoms with van der Waals surface area (Å²) in [6.07, 6.45) is -3.40. The molecule has 1 amide bonds. The van der Waals surface area contributed by atoms with Crippen molar-refractivity contribution in [1.82, 2.24) is 24.6 Å². The number of aromatic nitrogens is 4. The van der Waals surface area contributed by atoms with Gasteiger partial charge in [0.2, 0.25) is 5.91 Å². The van der Waals surface area contributed by atoms with E-state index in [1.165, 1.54) is 0 Å². The van der Waals surface area contributed by atoms with Gasteiger partial charge in [-0.25, -0.2) is 4.98 Å². The number of aryl methyl sites for hydroxylation is 1. The molecule has 2 heterocycles. The lowest BCUT2D eigenvalue weighted by atomic mass is 10.3. The standard InChI is InChI=1S/C15H14F3N5O/c1-22-11-5-3-2-4-10(11)20-13(22)8-19-14(24)9-23-7-6-12(21-23)15(16,17)18/h2-7H,8-9H2,1H3,(H,19,24). The molecule has 1 aromatic carbocycles. The number of hydrogen-bond donors (Lipinski definition) is 1. The highest BCUT2D eigenvalue weighted by molar-refractivity contribution is 5.77.